The summed E-state index contributed by atoms with van der Waals surface area (Å²) in [4.78, 5) is 37.9. The Morgan fingerprint density at radius 2 is 1.93 bits per heavy atom. The second-order valence-electron chi connectivity index (χ2n) is 6.11. The summed E-state index contributed by atoms with van der Waals surface area (Å²) in [5.41, 5.74) is 1.66. The van der Waals surface area contributed by atoms with Crippen molar-refractivity contribution in [2.24, 2.45) is 0 Å². The Morgan fingerprint density at radius 3 is 2.67 bits per heavy atom. The van der Waals surface area contributed by atoms with Gasteiger partial charge in [0.05, 0.1) is 12.2 Å². The van der Waals surface area contributed by atoms with E-state index in [1.165, 1.54) is 0 Å². The average molecular weight is 367 g/mol. The second kappa shape index (κ2) is 8.35. The van der Waals surface area contributed by atoms with Gasteiger partial charge in [-0.2, -0.15) is 0 Å². The van der Waals surface area contributed by atoms with Crippen LogP contribution in [-0.4, -0.2) is 37.4 Å². The lowest BCUT2D eigenvalue weighted by Crippen LogP contribution is -2.39. The maximum absolute atomic E-state index is 12.2. The molecule has 2 aromatic rings. The molecule has 0 bridgehead atoms. The van der Waals surface area contributed by atoms with Crippen LogP contribution in [0.2, 0.25) is 0 Å². The quantitative estimate of drug-likeness (QED) is 0.819. The Kier molecular flexibility index (Phi) is 5.71. The molecule has 7 heteroatoms. The summed E-state index contributed by atoms with van der Waals surface area (Å²) in [7, 11) is 0. The maximum atomic E-state index is 12.2. The molecule has 7 nitrogen and oxygen atoms in total. The Morgan fingerprint density at radius 1 is 1.15 bits per heavy atom. The minimum absolute atomic E-state index is 0.0181. The molecule has 0 aromatic heterocycles. The molecule has 2 aromatic carbocycles. The van der Waals surface area contributed by atoms with Gasteiger partial charge in [0.1, 0.15) is 5.75 Å². The van der Waals surface area contributed by atoms with E-state index in [1.54, 1.807) is 47.4 Å². The summed E-state index contributed by atoms with van der Waals surface area (Å²) in [5.74, 6) is -0.171. The van der Waals surface area contributed by atoms with E-state index in [0.717, 1.165) is 6.42 Å². The molecule has 2 N–H and O–H groups in total. The fourth-order valence-electron chi connectivity index (χ4n) is 2.81. The molecule has 3 rings (SSSR count). The largest absolute Gasteiger partial charge is 0.482 e. The first kappa shape index (κ1) is 18.4. The summed E-state index contributed by atoms with van der Waals surface area (Å²) in [5, 5.41) is 5.31. The van der Waals surface area contributed by atoms with E-state index in [-0.39, 0.29) is 30.9 Å². The minimum atomic E-state index is -0.357. The highest BCUT2D eigenvalue weighted by Gasteiger charge is 2.25. The van der Waals surface area contributed by atoms with Crippen molar-refractivity contribution >= 4 is 29.1 Å². The van der Waals surface area contributed by atoms with Crippen LogP contribution < -0.4 is 20.3 Å². The lowest BCUT2D eigenvalue weighted by atomic mass is 10.2. The van der Waals surface area contributed by atoms with Crippen molar-refractivity contribution in [3.05, 3.63) is 54.1 Å². The van der Waals surface area contributed by atoms with E-state index in [2.05, 4.69) is 10.6 Å². The monoisotopic (exact) mass is 367 g/mol. The Bertz CT molecular complexity index is 852. The van der Waals surface area contributed by atoms with Crippen molar-refractivity contribution in [3.63, 3.8) is 0 Å². The standard InChI is InChI=1S/C20H21N3O4/c1-2-10-23-16-11-15(8-9-17(16)27-13-19(23)25)22-18(24)12-21-20(26)14-6-4-3-5-7-14/h3-9,11H,2,10,12-13H2,1H3,(H,21,26)(H,22,24). The van der Waals surface area contributed by atoms with Crippen LogP contribution in [-0.2, 0) is 9.59 Å². The van der Waals surface area contributed by atoms with Crippen LogP contribution in [0.15, 0.2) is 48.5 Å². The smallest absolute Gasteiger partial charge is 0.265 e. The highest BCUT2D eigenvalue weighted by atomic mass is 16.5. The summed E-state index contributed by atoms with van der Waals surface area (Å²) >= 11 is 0. The number of nitrogens with one attached hydrogen (secondary N) is 2. The first-order chi connectivity index (χ1) is 13.1. The predicted octanol–water partition coefficient (Wildman–Crippen LogP) is 2.19. The summed E-state index contributed by atoms with van der Waals surface area (Å²) < 4.78 is 5.44. The molecular formula is C20H21N3O4. The highest BCUT2D eigenvalue weighted by molar-refractivity contribution is 6.01. The van der Waals surface area contributed by atoms with Gasteiger partial charge in [-0.25, -0.2) is 0 Å². The van der Waals surface area contributed by atoms with Crippen molar-refractivity contribution in [2.75, 3.05) is 29.9 Å². The summed E-state index contributed by atoms with van der Waals surface area (Å²) in [6.45, 7) is 2.44. The fraction of sp³-hybridized carbons (Fsp3) is 0.250. The van der Waals surface area contributed by atoms with Gasteiger partial charge in [0, 0.05) is 17.8 Å². The molecule has 27 heavy (non-hydrogen) atoms. The third-order valence-electron chi connectivity index (χ3n) is 4.08. The van der Waals surface area contributed by atoms with Gasteiger partial charge in [-0.05, 0) is 36.8 Å². The van der Waals surface area contributed by atoms with Gasteiger partial charge in [-0.15, -0.1) is 0 Å². The molecule has 0 aliphatic carbocycles. The molecule has 0 spiro atoms. The number of rotatable bonds is 6. The molecule has 0 saturated carbocycles. The van der Waals surface area contributed by atoms with E-state index in [1.807, 2.05) is 13.0 Å². The zero-order chi connectivity index (χ0) is 19.2. The number of ether oxygens (including phenoxy) is 1. The van der Waals surface area contributed by atoms with Crippen LogP contribution in [0.3, 0.4) is 0 Å². The Hall–Kier alpha value is -3.35. The lowest BCUT2D eigenvalue weighted by molar-refractivity contribution is -0.121. The van der Waals surface area contributed by atoms with E-state index < -0.39 is 0 Å². The maximum Gasteiger partial charge on any atom is 0.265 e. The number of hydrogen-bond acceptors (Lipinski definition) is 4. The van der Waals surface area contributed by atoms with Crippen molar-refractivity contribution in [3.8, 4) is 5.75 Å². The van der Waals surface area contributed by atoms with Crippen LogP contribution in [0.25, 0.3) is 0 Å². The number of anilines is 2. The molecule has 0 unspecified atom stereocenters. The first-order valence-electron chi connectivity index (χ1n) is 8.79. The van der Waals surface area contributed by atoms with Crippen molar-refractivity contribution in [1.29, 1.82) is 0 Å². The van der Waals surface area contributed by atoms with E-state index in [9.17, 15) is 14.4 Å². The molecule has 0 fully saturated rings. The third-order valence-corrected chi connectivity index (χ3v) is 4.08. The lowest BCUT2D eigenvalue weighted by Gasteiger charge is -2.29. The summed E-state index contributed by atoms with van der Waals surface area (Å²) in [6, 6.07) is 13.8. The van der Waals surface area contributed by atoms with E-state index >= 15 is 0 Å². The zero-order valence-corrected chi connectivity index (χ0v) is 15.0. The van der Waals surface area contributed by atoms with Crippen molar-refractivity contribution in [1.82, 2.24) is 5.32 Å². The molecule has 0 atom stereocenters. The molecule has 0 saturated heterocycles. The number of carbonyl (C=O) groups is 3. The van der Waals surface area contributed by atoms with Gasteiger partial charge in [-0.1, -0.05) is 25.1 Å². The number of fused-ring (bicyclic) bond motifs is 1. The Balaban J connectivity index is 1.63. The van der Waals surface area contributed by atoms with Crippen LogP contribution >= 0.6 is 0 Å². The third kappa shape index (κ3) is 4.44. The number of amides is 3. The number of nitrogens with zero attached hydrogens (tertiary/aromatic N) is 1. The van der Waals surface area contributed by atoms with Crippen LogP contribution in [0.4, 0.5) is 11.4 Å². The van der Waals surface area contributed by atoms with E-state index in [0.29, 0.717) is 29.2 Å². The number of carbonyl (C=O) groups excluding carboxylic acids is 3. The Labute approximate surface area is 157 Å². The molecule has 1 heterocycles. The molecule has 140 valence electrons. The van der Waals surface area contributed by atoms with Gasteiger partial charge in [0.25, 0.3) is 11.8 Å². The van der Waals surface area contributed by atoms with Crippen LogP contribution in [0.1, 0.15) is 23.7 Å². The predicted molar refractivity (Wildman–Crippen MR) is 102 cm³/mol. The molecule has 1 aliphatic rings. The minimum Gasteiger partial charge on any atom is -0.482 e. The number of hydrogen-bond donors (Lipinski definition) is 2. The van der Waals surface area contributed by atoms with Crippen LogP contribution in [0, 0.1) is 0 Å². The van der Waals surface area contributed by atoms with Gasteiger partial charge in [0.2, 0.25) is 5.91 Å². The topological polar surface area (TPSA) is 87.7 Å². The molecule has 1 aliphatic heterocycles. The fourth-order valence-corrected chi connectivity index (χ4v) is 2.81. The highest BCUT2D eigenvalue weighted by Crippen LogP contribution is 2.34. The first-order valence-corrected chi connectivity index (χ1v) is 8.79. The van der Waals surface area contributed by atoms with Gasteiger partial charge in [-0.3, -0.25) is 14.4 Å². The molecule has 0 radical (unpaired) electrons. The van der Waals surface area contributed by atoms with Gasteiger partial charge in [0.15, 0.2) is 6.61 Å². The zero-order valence-electron chi connectivity index (χ0n) is 15.0. The second-order valence-corrected chi connectivity index (χ2v) is 6.11. The van der Waals surface area contributed by atoms with E-state index in [4.69, 9.17) is 4.74 Å². The van der Waals surface area contributed by atoms with Crippen molar-refractivity contribution in [2.45, 2.75) is 13.3 Å². The van der Waals surface area contributed by atoms with Gasteiger partial charge < -0.3 is 20.3 Å². The SMILES string of the molecule is CCCN1C(=O)COc2ccc(NC(=O)CNC(=O)c3ccccc3)cc21. The number of benzene rings is 2. The molecular weight excluding hydrogens is 346 g/mol. The van der Waals surface area contributed by atoms with Crippen LogP contribution in [0.5, 0.6) is 5.75 Å². The van der Waals surface area contributed by atoms with Gasteiger partial charge >= 0.3 is 0 Å². The molecule has 3 amide bonds. The summed E-state index contributed by atoms with van der Waals surface area (Å²) in [6.07, 6.45) is 0.813. The average Bonchev–Trinajstić information content (AvgIpc) is 2.69. The normalized spacial score (nSPS) is 12.8. The van der Waals surface area contributed by atoms with Crippen molar-refractivity contribution < 1.29 is 19.1 Å².